The van der Waals surface area contributed by atoms with Crippen molar-refractivity contribution in [3.8, 4) is 0 Å². The van der Waals surface area contributed by atoms with E-state index < -0.39 is 42.0 Å². The van der Waals surface area contributed by atoms with Crippen LogP contribution in [-0.2, 0) is 11.0 Å². The number of amides is 1. The first-order chi connectivity index (χ1) is 11.7. The highest BCUT2D eigenvalue weighted by Gasteiger charge is 2.36. The van der Waals surface area contributed by atoms with E-state index in [9.17, 15) is 33.3 Å². The van der Waals surface area contributed by atoms with Gasteiger partial charge in [-0.3, -0.25) is 4.79 Å². The number of carbonyl (C=O) groups excluding carboxylic acids is 1. The summed E-state index contributed by atoms with van der Waals surface area (Å²) in [6, 6.07) is 3.72. The van der Waals surface area contributed by atoms with Crippen LogP contribution in [-0.4, -0.2) is 58.7 Å². The molecule has 25 heavy (non-hydrogen) atoms. The maximum Gasteiger partial charge on any atom is 0.416 e. The Bertz CT molecular complexity index is 619. The van der Waals surface area contributed by atoms with Crippen molar-refractivity contribution in [3.63, 3.8) is 0 Å². The highest BCUT2D eigenvalue weighted by molar-refractivity contribution is 5.91. The van der Waals surface area contributed by atoms with Crippen molar-refractivity contribution in [2.75, 3.05) is 13.1 Å². The summed E-state index contributed by atoms with van der Waals surface area (Å²) in [5.41, 5.74) is -0.343. The lowest BCUT2D eigenvalue weighted by atomic mass is 9.96. The van der Waals surface area contributed by atoms with Gasteiger partial charge in [-0.1, -0.05) is 12.1 Å². The van der Waals surface area contributed by atoms with Gasteiger partial charge in [-0.15, -0.1) is 0 Å². The van der Waals surface area contributed by atoms with Gasteiger partial charge in [0, 0.05) is 19.2 Å². The molecule has 6 nitrogen and oxygen atoms in total. The highest BCUT2D eigenvalue weighted by atomic mass is 19.4. The standard InChI is InChI=1S/C16H19F3N2O4/c17-16(18,19)10-4-1-9(2-5-10)3-6-13(23)21-7-11-14(24)15(25)12(22)8-20-11/h1-6,11-12,14-15,20,22,24-25H,7-8H2,(H,21,23)/b6-3+/t11-,12+,14+,15-/m1/s1. The van der Waals surface area contributed by atoms with E-state index >= 15 is 0 Å². The Labute approximate surface area is 142 Å². The minimum Gasteiger partial charge on any atom is -0.389 e. The largest absolute Gasteiger partial charge is 0.416 e. The average molecular weight is 360 g/mol. The molecule has 0 aliphatic carbocycles. The number of β-amino-alcohol motifs (C(OH)–C–C–N with tert-alkyl or cyclic N) is 1. The summed E-state index contributed by atoms with van der Waals surface area (Å²) in [4.78, 5) is 11.7. The predicted octanol–water partition coefficient (Wildman–Crippen LogP) is -0.111. The fourth-order valence-electron chi connectivity index (χ4n) is 2.40. The lowest BCUT2D eigenvalue weighted by Crippen LogP contribution is -2.62. The molecule has 0 saturated carbocycles. The number of aliphatic hydroxyl groups is 3. The zero-order valence-electron chi connectivity index (χ0n) is 13.1. The minimum atomic E-state index is -4.41. The van der Waals surface area contributed by atoms with Crippen LogP contribution in [0.3, 0.4) is 0 Å². The van der Waals surface area contributed by atoms with Crippen molar-refractivity contribution in [3.05, 3.63) is 41.5 Å². The molecular weight excluding hydrogens is 341 g/mol. The zero-order valence-corrected chi connectivity index (χ0v) is 13.1. The third kappa shape index (κ3) is 5.27. The normalized spacial score (nSPS) is 27.4. The summed E-state index contributed by atoms with van der Waals surface area (Å²) in [6.45, 7) is 0.0985. The van der Waals surface area contributed by atoms with Crippen molar-refractivity contribution in [2.24, 2.45) is 0 Å². The highest BCUT2D eigenvalue weighted by Crippen LogP contribution is 2.29. The Morgan fingerprint density at radius 2 is 1.84 bits per heavy atom. The van der Waals surface area contributed by atoms with E-state index in [4.69, 9.17) is 0 Å². The maximum absolute atomic E-state index is 12.5. The first-order valence-electron chi connectivity index (χ1n) is 7.59. The number of halogens is 3. The van der Waals surface area contributed by atoms with Gasteiger partial charge in [0.05, 0.1) is 23.8 Å². The van der Waals surface area contributed by atoms with Crippen LogP contribution in [0.25, 0.3) is 6.08 Å². The molecule has 0 radical (unpaired) electrons. The van der Waals surface area contributed by atoms with Crippen molar-refractivity contribution in [2.45, 2.75) is 30.5 Å². The molecule has 4 atom stereocenters. The number of alkyl halides is 3. The van der Waals surface area contributed by atoms with Crippen LogP contribution in [0.2, 0.25) is 0 Å². The molecule has 1 fully saturated rings. The number of rotatable bonds is 4. The summed E-state index contributed by atoms with van der Waals surface area (Å²) in [7, 11) is 0. The molecule has 1 aliphatic rings. The quantitative estimate of drug-likeness (QED) is 0.483. The van der Waals surface area contributed by atoms with Gasteiger partial charge >= 0.3 is 6.18 Å². The molecule has 1 heterocycles. The topological polar surface area (TPSA) is 102 Å². The first-order valence-corrected chi connectivity index (χ1v) is 7.59. The number of aliphatic hydroxyl groups excluding tert-OH is 3. The van der Waals surface area contributed by atoms with E-state index in [0.29, 0.717) is 5.56 Å². The molecule has 0 bridgehead atoms. The molecule has 2 rings (SSSR count). The van der Waals surface area contributed by atoms with E-state index in [1.54, 1.807) is 0 Å². The zero-order chi connectivity index (χ0) is 18.6. The molecule has 0 aromatic heterocycles. The number of piperidine rings is 1. The second-order valence-corrected chi connectivity index (χ2v) is 5.76. The summed E-state index contributed by atoms with van der Waals surface area (Å²) < 4.78 is 37.4. The van der Waals surface area contributed by atoms with Crippen molar-refractivity contribution in [1.82, 2.24) is 10.6 Å². The van der Waals surface area contributed by atoms with Crippen LogP contribution in [0.15, 0.2) is 30.3 Å². The van der Waals surface area contributed by atoms with E-state index in [2.05, 4.69) is 10.6 Å². The van der Waals surface area contributed by atoms with Crippen LogP contribution < -0.4 is 10.6 Å². The molecular formula is C16H19F3N2O4. The van der Waals surface area contributed by atoms with Gasteiger partial charge < -0.3 is 26.0 Å². The lowest BCUT2D eigenvalue weighted by Gasteiger charge is -2.36. The van der Waals surface area contributed by atoms with E-state index in [1.165, 1.54) is 18.2 Å². The second kappa shape index (κ2) is 7.96. The van der Waals surface area contributed by atoms with Crippen LogP contribution in [0.1, 0.15) is 11.1 Å². The van der Waals surface area contributed by atoms with Gasteiger partial charge in [-0.2, -0.15) is 13.2 Å². The van der Waals surface area contributed by atoms with Crippen LogP contribution in [0, 0.1) is 0 Å². The fraction of sp³-hybridized carbons (Fsp3) is 0.438. The summed E-state index contributed by atoms with van der Waals surface area (Å²) in [6.07, 6.45) is -5.51. The molecule has 1 saturated heterocycles. The van der Waals surface area contributed by atoms with Crippen molar-refractivity contribution in [1.29, 1.82) is 0 Å². The average Bonchev–Trinajstić information content (AvgIpc) is 2.57. The third-order valence-corrected chi connectivity index (χ3v) is 3.91. The molecule has 1 aliphatic heterocycles. The Hall–Kier alpha value is -1.94. The van der Waals surface area contributed by atoms with Crippen molar-refractivity contribution >= 4 is 12.0 Å². The maximum atomic E-state index is 12.5. The van der Waals surface area contributed by atoms with Gasteiger partial charge in [-0.25, -0.2) is 0 Å². The molecule has 0 unspecified atom stereocenters. The van der Waals surface area contributed by atoms with Crippen LogP contribution >= 0.6 is 0 Å². The molecule has 9 heteroatoms. The Balaban J connectivity index is 1.85. The van der Waals surface area contributed by atoms with E-state index in [-0.39, 0.29) is 13.1 Å². The van der Waals surface area contributed by atoms with Gasteiger partial charge in [-0.05, 0) is 23.8 Å². The van der Waals surface area contributed by atoms with E-state index in [1.807, 2.05) is 0 Å². The summed E-state index contributed by atoms with van der Waals surface area (Å²) in [5, 5.41) is 34.0. The number of hydrogen-bond acceptors (Lipinski definition) is 5. The van der Waals surface area contributed by atoms with Crippen LogP contribution in [0.5, 0.6) is 0 Å². The number of nitrogens with one attached hydrogen (secondary N) is 2. The monoisotopic (exact) mass is 360 g/mol. The molecule has 1 aromatic carbocycles. The van der Waals surface area contributed by atoms with E-state index in [0.717, 1.165) is 18.2 Å². The Kier molecular flexibility index (Phi) is 6.17. The smallest absolute Gasteiger partial charge is 0.389 e. The molecule has 138 valence electrons. The summed E-state index contributed by atoms with van der Waals surface area (Å²) >= 11 is 0. The minimum absolute atomic E-state index is 0.0150. The molecule has 1 aromatic rings. The Morgan fingerprint density at radius 3 is 2.44 bits per heavy atom. The second-order valence-electron chi connectivity index (χ2n) is 5.76. The number of benzene rings is 1. The molecule has 5 N–H and O–H groups in total. The van der Waals surface area contributed by atoms with Gasteiger partial charge in [0.1, 0.15) is 6.10 Å². The van der Waals surface area contributed by atoms with Gasteiger partial charge in [0.25, 0.3) is 0 Å². The Morgan fingerprint density at radius 1 is 1.20 bits per heavy atom. The lowest BCUT2D eigenvalue weighted by molar-refractivity contribution is -0.137. The molecule has 1 amide bonds. The number of hydrogen-bond donors (Lipinski definition) is 5. The SMILES string of the molecule is O=C(/C=C/c1ccc(C(F)(F)F)cc1)NC[C@H]1NC[C@H](O)[C@@H](O)[C@H]1O. The van der Waals surface area contributed by atoms with Crippen LogP contribution in [0.4, 0.5) is 13.2 Å². The third-order valence-electron chi connectivity index (χ3n) is 3.91. The predicted molar refractivity (Wildman–Crippen MR) is 83.3 cm³/mol. The molecule has 0 spiro atoms. The fourth-order valence-corrected chi connectivity index (χ4v) is 2.40. The summed E-state index contributed by atoms with van der Waals surface area (Å²) in [5.74, 6) is -0.505. The van der Waals surface area contributed by atoms with Gasteiger partial charge in [0.15, 0.2) is 0 Å². The first kappa shape index (κ1) is 19.4. The van der Waals surface area contributed by atoms with Crippen molar-refractivity contribution < 1.29 is 33.3 Å². The number of carbonyl (C=O) groups is 1. The van der Waals surface area contributed by atoms with Gasteiger partial charge in [0.2, 0.25) is 5.91 Å².